The number of benzene rings is 1. The van der Waals surface area contributed by atoms with Crippen molar-refractivity contribution in [2.45, 2.75) is 44.2 Å². The lowest BCUT2D eigenvalue weighted by atomic mass is 9.88. The van der Waals surface area contributed by atoms with Gasteiger partial charge >= 0.3 is 14.0 Å². The van der Waals surface area contributed by atoms with Crippen LogP contribution in [0.3, 0.4) is 0 Å². The lowest BCUT2D eigenvalue weighted by Crippen LogP contribution is -2.41. The van der Waals surface area contributed by atoms with Gasteiger partial charge in [0, 0.05) is 19.5 Å². The summed E-state index contributed by atoms with van der Waals surface area (Å²) in [5.74, 6) is -1.49. The maximum Gasteiger partial charge on any atom is 0.469 e. The van der Waals surface area contributed by atoms with Crippen molar-refractivity contribution in [3.8, 4) is 0 Å². The third kappa shape index (κ3) is 6.16. The van der Waals surface area contributed by atoms with E-state index >= 15 is 0 Å². The predicted octanol–water partition coefficient (Wildman–Crippen LogP) is 3.25. The maximum atomic E-state index is 13.1. The van der Waals surface area contributed by atoms with Gasteiger partial charge in [-0.15, -0.1) is 10.2 Å². The molecule has 0 bridgehead atoms. The summed E-state index contributed by atoms with van der Waals surface area (Å²) in [6.07, 6.45) is -2.93. The number of likely N-dealkylation sites (tertiary alicyclic amines) is 1. The Hall–Kier alpha value is -2.27. The number of rotatable bonds is 7. The number of carbonyl (C=O) groups excluding carboxylic acids is 1. The van der Waals surface area contributed by atoms with E-state index in [4.69, 9.17) is 14.2 Å². The third-order valence-electron chi connectivity index (χ3n) is 5.31. The molecule has 13 heteroatoms. The molecule has 1 atom stereocenters. The summed E-state index contributed by atoms with van der Waals surface area (Å²) in [5.41, 5.74) is 0.0451. The van der Waals surface area contributed by atoms with Gasteiger partial charge in [-0.3, -0.25) is 9.32 Å². The SMILES string of the molecule is CCc1nnc([C@@H](COP(=O)(O)O)C(=O)N2CCC(c3ccc(C(F)(F)F)cc3)CC2)o1. The first kappa shape index (κ1) is 24.4. The molecular formula is C19H23F3N3O6P. The van der Waals surface area contributed by atoms with Crippen LogP contribution >= 0.6 is 7.82 Å². The van der Waals surface area contributed by atoms with E-state index in [1.165, 1.54) is 17.0 Å². The average molecular weight is 477 g/mol. The Morgan fingerprint density at radius 2 is 1.88 bits per heavy atom. The van der Waals surface area contributed by atoms with Crippen molar-refractivity contribution in [2.75, 3.05) is 19.7 Å². The zero-order chi connectivity index (χ0) is 23.5. The summed E-state index contributed by atoms with van der Waals surface area (Å²) < 4.78 is 59.3. The first-order chi connectivity index (χ1) is 15.0. The van der Waals surface area contributed by atoms with Gasteiger partial charge < -0.3 is 19.1 Å². The highest BCUT2D eigenvalue weighted by atomic mass is 31.2. The second-order valence-corrected chi connectivity index (χ2v) is 8.69. The summed E-state index contributed by atoms with van der Waals surface area (Å²) in [4.78, 5) is 32.6. The monoisotopic (exact) mass is 477 g/mol. The minimum absolute atomic E-state index is 0.0127. The first-order valence-corrected chi connectivity index (χ1v) is 11.5. The smallest absolute Gasteiger partial charge is 0.424 e. The van der Waals surface area contributed by atoms with Gasteiger partial charge in [0.15, 0.2) is 0 Å². The summed E-state index contributed by atoms with van der Waals surface area (Å²) in [5, 5.41) is 7.59. The summed E-state index contributed by atoms with van der Waals surface area (Å²) in [6.45, 7) is 1.76. The number of phosphoric acid groups is 1. The number of halogens is 3. The second-order valence-electron chi connectivity index (χ2n) is 7.45. The normalized spacial score (nSPS) is 16.9. The zero-order valence-corrected chi connectivity index (χ0v) is 18.1. The lowest BCUT2D eigenvalue weighted by Gasteiger charge is -2.34. The van der Waals surface area contributed by atoms with Crippen LogP contribution in [0.4, 0.5) is 13.2 Å². The molecule has 0 aliphatic carbocycles. The van der Waals surface area contributed by atoms with E-state index in [0.717, 1.165) is 17.7 Å². The minimum Gasteiger partial charge on any atom is -0.424 e. The van der Waals surface area contributed by atoms with Gasteiger partial charge in [-0.1, -0.05) is 19.1 Å². The Morgan fingerprint density at radius 1 is 1.25 bits per heavy atom. The van der Waals surface area contributed by atoms with Crippen molar-refractivity contribution in [1.29, 1.82) is 0 Å². The molecule has 0 saturated carbocycles. The molecule has 1 aliphatic heterocycles. The van der Waals surface area contributed by atoms with Gasteiger partial charge in [0.1, 0.15) is 5.92 Å². The Labute approximate surface area is 181 Å². The topological polar surface area (TPSA) is 126 Å². The molecule has 176 valence electrons. The Kier molecular flexibility index (Phi) is 7.39. The van der Waals surface area contributed by atoms with Crippen LogP contribution in [0.2, 0.25) is 0 Å². The van der Waals surface area contributed by atoms with E-state index in [0.29, 0.717) is 32.4 Å². The van der Waals surface area contributed by atoms with E-state index < -0.39 is 38.0 Å². The highest BCUT2D eigenvalue weighted by Gasteiger charge is 2.35. The van der Waals surface area contributed by atoms with Crippen molar-refractivity contribution in [1.82, 2.24) is 15.1 Å². The molecule has 0 unspecified atom stereocenters. The number of alkyl halides is 3. The largest absolute Gasteiger partial charge is 0.469 e. The van der Waals surface area contributed by atoms with Crippen molar-refractivity contribution in [3.05, 3.63) is 47.2 Å². The van der Waals surface area contributed by atoms with Crippen LogP contribution in [0.5, 0.6) is 0 Å². The summed E-state index contributed by atoms with van der Waals surface area (Å²) >= 11 is 0. The van der Waals surface area contributed by atoms with Gasteiger partial charge in [0.2, 0.25) is 17.7 Å². The fourth-order valence-electron chi connectivity index (χ4n) is 3.57. The fourth-order valence-corrected chi connectivity index (χ4v) is 3.91. The fraction of sp³-hybridized carbons (Fsp3) is 0.526. The van der Waals surface area contributed by atoms with Crippen molar-refractivity contribution >= 4 is 13.7 Å². The maximum absolute atomic E-state index is 13.1. The summed E-state index contributed by atoms with van der Waals surface area (Å²) in [6, 6.07) is 4.99. The number of aryl methyl sites for hydroxylation is 1. The molecule has 0 radical (unpaired) electrons. The van der Waals surface area contributed by atoms with Crippen LogP contribution in [0, 0.1) is 0 Å². The number of hydrogen-bond donors (Lipinski definition) is 2. The molecular weight excluding hydrogens is 454 g/mol. The quantitative estimate of drug-likeness (QED) is 0.582. The number of hydrogen-bond acceptors (Lipinski definition) is 6. The van der Waals surface area contributed by atoms with Crippen molar-refractivity contribution in [3.63, 3.8) is 0 Å². The number of carbonyl (C=O) groups is 1. The minimum atomic E-state index is -4.83. The molecule has 1 saturated heterocycles. The zero-order valence-electron chi connectivity index (χ0n) is 17.2. The van der Waals surface area contributed by atoms with Crippen LogP contribution < -0.4 is 0 Å². The number of piperidine rings is 1. The second kappa shape index (κ2) is 9.70. The van der Waals surface area contributed by atoms with Crippen LogP contribution in [-0.4, -0.2) is 50.5 Å². The molecule has 3 rings (SSSR count). The molecule has 0 spiro atoms. The van der Waals surface area contributed by atoms with Crippen LogP contribution in [0.1, 0.15) is 54.5 Å². The number of aromatic nitrogens is 2. The Morgan fingerprint density at radius 3 is 2.38 bits per heavy atom. The molecule has 9 nitrogen and oxygen atoms in total. The molecule has 2 heterocycles. The van der Waals surface area contributed by atoms with Crippen molar-refractivity contribution < 1.29 is 41.3 Å². The number of nitrogens with zero attached hydrogens (tertiary/aromatic N) is 3. The van der Waals surface area contributed by atoms with Gasteiger partial charge in [-0.25, -0.2) is 4.57 Å². The molecule has 1 aliphatic rings. The van der Waals surface area contributed by atoms with Gasteiger partial charge in [0.05, 0.1) is 12.2 Å². The molecule has 1 amide bonds. The highest BCUT2D eigenvalue weighted by molar-refractivity contribution is 7.46. The Balaban J connectivity index is 1.67. The average Bonchev–Trinajstić information content (AvgIpc) is 3.21. The Bertz CT molecular complexity index is 967. The van der Waals surface area contributed by atoms with Gasteiger partial charge in [-0.2, -0.15) is 13.2 Å². The van der Waals surface area contributed by atoms with Crippen LogP contribution in [-0.2, 0) is 26.5 Å². The van der Waals surface area contributed by atoms with Crippen LogP contribution in [0.15, 0.2) is 28.7 Å². The standard InChI is InChI=1S/C19H23F3N3O6P/c1-2-16-23-24-17(31-16)15(11-30-32(27,28)29)18(26)25-9-7-13(8-10-25)12-3-5-14(6-4-12)19(20,21)22/h3-6,13,15H,2,7-11H2,1H3,(H2,27,28,29)/t15-/m1/s1. The summed E-state index contributed by atoms with van der Waals surface area (Å²) in [7, 11) is -4.83. The van der Waals surface area contributed by atoms with E-state index in [1.54, 1.807) is 6.92 Å². The van der Waals surface area contributed by atoms with Crippen molar-refractivity contribution in [2.24, 2.45) is 0 Å². The number of phosphoric ester groups is 1. The highest BCUT2D eigenvalue weighted by Crippen LogP contribution is 2.38. The van der Waals surface area contributed by atoms with Crippen LogP contribution in [0.25, 0.3) is 0 Å². The van der Waals surface area contributed by atoms with E-state index in [9.17, 15) is 22.5 Å². The van der Waals surface area contributed by atoms with Gasteiger partial charge in [-0.05, 0) is 36.5 Å². The molecule has 32 heavy (non-hydrogen) atoms. The molecule has 2 aromatic rings. The number of amides is 1. The van der Waals surface area contributed by atoms with E-state index in [2.05, 4.69) is 14.7 Å². The molecule has 1 fully saturated rings. The van der Waals surface area contributed by atoms with Gasteiger partial charge in [0.25, 0.3) is 0 Å². The van der Waals surface area contributed by atoms with E-state index in [1.807, 2.05) is 0 Å². The first-order valence-electron chi connectivity index (χ1n) is 9.96. The molecule has 1 aromatic carbocycles. The third-order valence-corrected chi connectivity index (χ3v) is 5.79. The molecule has 1 aromatic heterocycles. The van der Waals surface area contributed by atoms with E-state index in [-0.39, 0.29) is 17.7 Å². The molecule has 2 N–H and O–H groups in total. The lowest BCUT2D eigenvalue weighted by molar-refractivity contribution is -0.138. The predicted molar refractivity (Wildman–Crippen MR) is 104 cm³/mol.